The molecule has 0 spiro atoms. The van der Waals surface area contributed by atoms with Gasteiger partial charge in [-0.05, 0) is 18.1 Å². The van der Waals surface area contributed by atoms with Crippen LogP contribution in [0.2, 0.25) is 0 Å². The van der Waals surface area contributed by atoms with Crippen molar-refractivity contribution in [1.82, 2.24) is 4.98 Å². The number of aromatic nitrogens is 1. The highest BCUT2D eigenvalue weighted by molar-refractivity contribution is 5.81. The Hall–Kier alpha value is -1.22. The van der Waals surface area contributed by atoms with E-state index in [0.29, 0.717) is 13.0 Å². The van der Waals surface area contributed by atoms with Gasteiger partial charge in [0.1, 0.15) is 6.61 Å². The third-order valence-electron chi connectivity index (χ3n) is 1.74. The molecular weight excluding hydrogens is 178 g/mol. The molecule has 0 N–H and O–H groups in total. The maximum Gasteiger partial charge on any atom is 0.162 e. The molecule has 1 heterocycles. The lowest BCUT2D eigenvalue weighted by molar-refractivity contribution is -0.122. The summed E-state index contributed by atoms with van der Waals surface area (Å²) in [6.07, 6.45) is 4.76. The van der Waals surface area contributed by atoms with E-state index in [1.165, 1.54) is 0 Å². The van der Waals surface area contributed by atoms with E-state index >= 15 is 0 Å². The molecule has 3 nitrogen and oxygen atoms in total. The molecule has 76 valence electrons. The molecule has 0 bridgehead atoms. The van der Waals surface area contributed by atoms with Crippen molar-refractivity contribution in [2.75, 3.05) is 13.2 Å². The van der Waals surface area contributed by atoms with Gasteiger partial charge in [-0.2, -0.15) is 0 Å². The third kappa shape index (κ3) is 4.14. The highest BCUT2D eigenvalue weighted by atomic mass is 16.5. The first kappa shape index (κ1) is 10.9. The van der Waals surface area contributed by atoms with E-state index in [2.05, 4.69) is 4.98 Å². The summed E-state index contributed by atoms with van der Waals surface area (Å²) in [5.41, 5.74) is 0.942. The number of ether oxygens (including phenoxy) is 1. The molecule has 0 fully saturated rings. The van der Waals surface area contributed by atoms with Gasteiger partial charge in [-0.3, -0.25) is 9.78 Å². The fourth-order valence-electron chi connectivity index (χ4n) is 1.11. The van der Waals surface area contributed by atoms with Crippen LogP contribution in [-0.4, -0.2) is 24.0 Å². The highest BCUT2D eigenvalue weighted by Crippen LogP contribution is 1.98. The topological polar surface area (TPSA) is 39.2 Å². The van der Waals surface area contributed by atoms with Gasteiger partial charge in [0.2, 0.25) is 0 Å². The second-order valence-electron chi connectivity index (χ2n) is 3.13. The Morgan fingerprint density at radius 3 is 3.07 bits per heavy atom. The Kier molecular flexibility index (Phi) is 4.86. The van der Waals surface area contributed by atoms with Crippen LogP contribution in [0.1, 0.15) is 18.9 Å². The lowest BCUT2D eigenvalue weighted by atomic mass is 10.1. The summed E-state index contributed by atoms with van der Waals surface area (Å²) in [6, 6.07) is 3.72. The number of carbonyl (C=O) groups excluding carboxylic acids is 1. The molecule has 0 unspecified atom stereocenters. The number of nitrogens with zero attached hydrogens (tertiary/aromatic N) is 1. The second kappa shape index (κ2) is 6.27. The molecule has 0 saturated heterocycles. The van der Waals surface area contributed by atoms with Crippen molar-refractivity contribution in [2.24, 2.45) is 0 Å². The largest absolute Gasteiger partial charge is 0.374 e. The van der Waals surface area contributed by atoms with Crippen molar-refractivity contribution in [2.45, 2.75) is 19.8 Å². The first-order valence-corrected chi connectivity index (χ1v) is 4.81. The Labute approximate surface area is 84.1 Å². The maximum absolute atomic E-state index is 11.3. The predicted molar refractivity (Wildman–Crippen MR) is 54.1 cm³/mol. The van der Waals surface area contributed by atoms with Gasteiger partial charge in [-0.1, -0.05) is 13.0 Å². The van der Waals surface area contributed by atoms with Gasteiger partial charge >= 0.3 is 0 Å². The Morgan fingerprint density at radius 1 is 1.57 bits per heavy atom. The van der Waals surface area contributed by atoms with Gasteiger partial charge in [-0.15, -0.1) is 0 Å². The molecule has 1 aromatic heterocycles. The Balaban J connectivity index is 2.27. The molecule has 3 heteroatoms. The van der Waals surface area contributed by atoms with Crippen LogP contribution in [0.3, 0.4) is 0 Å². The van der Waals surface area contributed by atoms with Crippen LogP contribution in [0.4, 0.5) is 0 Å². The van der Waals surface area contributed by atoms with Crippen LogP contribution in [0.15, 0.2) is 24.5 Å². The number of pyridine rings is 1. The minimum Gasteiger partial charge on any atom is -0.374 e. The van der Waals surface area contributed by atoms with E-state index in [-0.39, 0.29) is 12.4 Å². The summed E-state index contributed by atoms with van der Waals surface area (Å²) in [4.78, 5) is 15.3. The number of Topliss-reactive ketones (excluding diaryl/α,β-unsaturated/α-hetero) is 1. The first-order valence-electron chi connectivity index (χ1n) is 4.81. The van der Waals surface area contributed by atoms with Crippen molar-refractivity contribution in [1.29, 1.82) is 0 Å². The predicted octanol–water partition coefficient (Wildman–Crippen LogP) is 1.62. The number of carbonyl (C=O) groups is 1. The third-order valence-corrected chi connectivity index (χ3v) is 1.74. The number of rotatable bonds is 6. The minimum atomic E-state index is 0.103. The molecule has 0 atom stereocenters. The zero-order chi connectivity index (χ0) is 10.2. The van der Waals surface area contributed by atoms with E-state index in [0.717, 1.165) is 12.0 Å². The summed E-state index contributed by atoms with van der Waals surface area (Å²) >= 11 is 0. The van der Waals surface area contributed by atoms with Crippen molar-refractivity contribution in [3.63, 3.8) is 0 Å². The van der Waals surface area contributed by atoms with Crippen LogP contribution in [0.5, 0.6) is 0 Å². The maximum atomic E-state index is 11.3. The van der Waals surface area contributed by atoms with Crippen molar-refractivity contribution >= 4 is 5.78 Å². The molecule has 0 aliphatic carbocycles. The number of ketones is 1. The van der Waals surface area contributed by atoms with E-state index in [1.54, 1.807) is 12.4 Å². The van der Waals surface area contributed by atoms with E-state index in [1.807, 2.05) is 19.1 Å². The normalized spacial score (nSPS) is 10.1. The van der Waals surface area contributed by atoms with Gasteiger partial charge in [0.25, 0.3) is 0 Å². The van der Waals surface area contributed by atoms with Crippen molar-refractivity contribution in [3.05, 3.63) is 30.1 Å². The smallest absolute Gasteiger partial charge is 0.162 e. The standard InChI is InChI=1S/C11H15NO2/c1-2-6-14-9-11(13)7-10-4-3-5-12-8-10/h3-5,8H,2,6-7,9H2,1H3. The Bertz CT molecular complexity index is 272. The van der Waals surface area contributed by atoms with Gasteiger partial charge in [-0.25, -0.2) is 0 Å². The molecule has 0 aliphatic heterocycles. The first-order chi connectivity index (χ1) is 6.83. The summed E-state index contributed by atoms with van der Waals surface area (Å²) in [7, 11) is 0. The molecule has 0 saturated carbocycles. The monoisotopic (exact) mass is 193 g/mol. The fraction of sp³-hybridized carbons (Fsp3) is 0.455. The zero-order valence-electron chi connectivity index (χ0n) is 8.40. The lowest BCUT2D eigenvalue weighted by Gasteiger charge is -2.01. The fourth-order valence-corrected chi connectivity index (χ4v) is 1.11. The van der Waals surface area contributed by atoms with Crippen LogP contribution in [-0.2, 0) is 16.0 Å². The van der Waals surface area contributed by atoms with Gasteiger partial charge in [0.15, 0.2) is 5.78 Å². The molecule has 0 radical (unpaired) electrons. The minimum absolute atomic E-state index is 0.103. The van der Waals surface area contributed by atoms with Crippen molar-refractivity contribution in [3.8, 4) is 0 Å². The number of hydrogen-bond acceptors (Lipinski definition) is 3. The summed E-state index contributed by atoms with van der Waals surface area (Å²) in [6.45, 7) is 2.88. The van der Waals surface area contributed by atoms with Gasteiger partial charge < -0.3 is 4.74 Å². The quantitative estimate of drug-likeness (QED) is 0.644. The molecule has 0 aliphatic rings. The van der Waals surface area contributed by atoms with Crippen LogP contribution in [0, 0.1) is 0 Å². The lowest BCUT2D eigenvalue weighted by Crippen LogP contribution is -2.11. The average molecular weight is 193 g/mol. The van der Waals surface area contributed by atoms with Crippen molar-refractivity contribution < 1.29 is 9.53 Å². The van der Waals surface area contributed by atoms with Crippen LogP contribution < -0.4 is 0 Å². The summed E-state index contributed by atoms with van der Waals surface area (Å²) in [5.74, 6) is 0.103. The molecular formula is C11H15NO2. The molecule has 1 aromatic rings. The average Bonchev–Trinajstić information content (AvgIpc) is 2.20. The van der Waals surface area contributed by atoms with E-state index in [4.69, 9.17) is 4.74 Å². The summed E-state index contributed by atoms with van der Waals surface area (Å²) in [5, 5.41) is 0. The number of hydrogen-bond donors (Lipinski definition) is 0. The van der Waals surface area contributed by atoms with E-state index in [9.17, 15) is 4.79 Å². The molecule has 14 heavy (non-hydrogen) atoms. The zero-order valence-corrected chi connectivity index (χ0v) is 8.40. The van der Waals surface area contributed by atoms with Crippen LogP contribution in [0.25, 0.3) is 0 Å². The SMILES string of the molecule is CCCOCC(=O)Cc1cccnc1. The second-order valence-corrected chi connectivity index (χ2v) is 3.13. The molecule has 1 rings (SSSR count). The highest BCUT2D eigenvalue weighted by Gasteiger charge is 2.02. The summed E-state index contributed by atoms with van der Waals surface area (Å²) < 4.78 is 5.15. The van der Waals surface area contributed by atoms with E-state index < -0.39 is 0 Å². The molecule has 0 amide bonds. The van der Waals surface area contributed by atoms with Gasteiger partial charge in [0.05, 0.1) is 0 Å². The van der Waals surface area contributed by atoms with Gasteiger partial charge in [0, 0.05) is 25.4 Å². The Morgan fingerprint density at radius 2 is 2.43 bits per heavy atom. The molecule has 0 aromatic carbocycles. The van der Waals surface area contributed by atoms with Crippen LogP contribution >= 0.6 is 0 Å².